The van der Waals surface area contributed by atoms with Gasteiger partial charge in [0.2, 0.25) is 11.9 Å². The molecule has 27 heavy (non-hydrogen) atoms. The summed E-state index contributed by atoms with van der Waals surface area (Å²) in [7, 11) is 0. The van der Waals surface area contributed by atoms with E-state index in [1.807, 2.05) is 30.3 Å². The lowest BCUT2D eigenvalue weighted by Crippen LogP contribution is -2.44. The minimum Gasteiger partial charge on any atom is -0.353 e. The molecule has 0 unspecified atom stereocenters. The van der Waals surface area contributed by atoms with Crippen LogP contribution in [0.1, 0.15) is 25.3 Å². The van der Waals surface area contributed by atoms with Crippen molar-refractivity contribution in [2.75, 3.05) is 18.0 Å². The van der Waals surface area contributed by atoms with E-state index in [1.165, 1.54) is 12.1 Å². The number of carbonyl (C=O) groups is 1. The number of carbonyl (C=O) groups excluding carboxylic acids is 1. The fourth-order valence-electron chi connectivity index (χ4n) is 3.74. The van der Waals surface area contributed by atoms with Gasteiger partial charge in [-0.25, -0.2) is 9.37 Å². The molecule has 1 saturated heterocycles. The van der Waals surface area contributed by atoms with Gasteiger partial charge in [-0.3, -0.25) is 4.79 Å². The minimum absolute atomic E-state index is 0.0250. The number of amides is 1. The maximum Gasteiger partial charge on any atom is 0.217 e. The molecular formula is C21H23FN4O. The molecule has 1 aliphatic heterocycles. The van der Waals surface area contributed by atoms with Gasteiger partial charge in [-0.1, -0.05) is 24.3 Å². The first kappa shape index (κ1) is 17.5. The molecule has 0 spiro atoms. The molecule has 0 bridgehead atoms. The number of para-hydroxylation sites is 2. The molecule has 2 aromatic carbocycles. The average molecular weight is 366 g/mol. The third-order valence-corrected chi connectivity index (χ3v) is 5.07. The average Bonchev–Trinajstić information content (AvgIpc) is 3.02. The summed E-state index contributed by atoms with van der Waals surface area (Å²) in [5.41, 5.74) is 3.06. The molecule has 0 aliphatic carbocycles. The van der Waals surface area contributed by atoms with Crippen molar-refractivity contribution in [2.45, 2.75) is 32.4 Å². The Bertz CT molecular complexity index is 942. The van der Waals surface area contributed by atoms with E-state index in [-0.39, 0.29) is 17.8 Å². The highest BCUT2D eigenvalue weighted by atomic mass is 19.1. The zero-order chi connectivity index (χ0) is 18.8. The Labute approximate surface area is 157 Å². The van der Waals surface area contributed by atoms with E-state index in [1.54, 1.807) is 6.92 Å². The number of rotatable bonds is 4. The van der Waals surface area contributed by atoms with Crippen LogP contribution in [-0.4, -0.2) is 34.6 Å². The predicted molar refractivity (Wildman–Crippen MR) is 104 cm³/mol. The van der Waals surface area contributed by atoms with Crippen molar-refractivity contribution in [3.8, 4) is 0 Å². The molecule has 140 valence electrons. The van der Waals surface area contributed by atoms with Crippen molar-refractivity contribution in [2.24, 2.45) is 0 Å². The molecule has 1 amide bonds. The Morgan fingerprint density at radius 1 is 1.15 bits per heavy atom. The fourth-order valence-corrected chi connectivity index (χ4v) is 3.74. The van der Waals surface area contributed by atoms with Crippen LogP contribution in [0.5, 0.6) is 0 Å². The predicted octanol–water partition coefficient (Wildman–Crippen LogP) is 3.33. The first-order valence-corrected chi connectivity index (χ1v) is 9.32. The number of aromatic nitrogens is 2. The lowest BCUT2D eigenvalue weighted by molar-refractivity contribution is -0.119. The highest BCUT2D eigenvalue weighted by Crippen LogP contribution is 2.26. The van der Waals surface area contributed by atoms with E-state index in [0.29, 0.717) is 6.54 Å². The summed E-state index contributed by atoms with van der Waals surface area (Å²) in [5.74, 6) is 0.730. The summed E-state index contributed by atoms with van der Waals surface area (Å²) >= 11 is 0. The minimum atomic E-state index is -0.227. The van der Waals surface area contributed by atoms with Gasteiger partial charge in [0.15, 0.2) is 0 Å². The maximum atomic E-state index is 13.3. The van der Waals surface area contributed by atoms with Gasteiger partial charge in [0.1, 0.15) is 5.82 Å². The number of hydrogen-bond acceptors (Lipinski definition) is 3. The molecule has 0 atom stereocenters. The molecule has 1 aromatic heterocycles. The van der Waals surface area contributed by atoms with Crippen molar-refractivity contribution in [1.29, 1.82) is 0 Å². The first-order chi connectivity index (χ1) is 13.1. The normalized spacial score (nSPS) is 15.3. The first-order valence-electron chi connectivity index (χ1n) is 9.32. The van der Waals surface area contributed by atoms with Gasteiger partial charge in [0, 0.05) is 26.1 Å². The van der Waals surface area contributed by atoms with Crippen LogP contribution < -0.4 is 10.2 Å². The van der Waals surface area contributed by atoms with Crippen molar-refractivity contribution in [3.05, 3.63) is 59.9 Å². The molecule has 5 nitrogen and oxygen atoms in total. The lowest BCUT2D eigenvalue weighted by atomic mass is 10.1. The molecular weight excluding hydrogens is 343 g/mol. The highest BCUT2D eigenvalue weighted by Gasteiger charge is 2.24. The second-order valence-electron chi connectivity index (χ2n) is 7.07. The standard InChI is InChI=1S/C21H23FN4O/c1-15(27)23-18-10-12-25(13-11-18)21-24-19-4-2-3-5-20(19)26(21)14-16-6-8-17(22)9-7-16/h2-9,18H,10-14H2,1H3,(H,23,27). The second kappa shape index (κ2) is 7.39. The van der Waals surface area contributed by atoms with Crippen LogP contribution >= 0.6 is 0 Å². The van der Waals surface area contributed by atoms with Crippen LogP contribution in [0.25, 0.3) is 11.0 Å². The number of imidazole rings is 1. The van der Waals surface area contributed by atoms with Gasteiger partial charge in [-0.15, -0.1) is 0 Å². The maximum absolute atomic E-state index is 13.3. The van der Waals surface area contributed by atoms with Gasteiger partial charge in [0.25, 0.3) is 0 Å². The molecule has 4 rings (SSSR count). The summed E-state index contributed by atoms with van der Waals surface area (Å²) in [6, 6.07) is 14.9. The Morgan fingerprint density at radius 3 is 2.56 bits per heavy atom. The Balaban J connectivity index is 1.62. The SMILES string of the molecule is CC(=O)NC1CCN(c2nc3ccccc3n2Cc2ccc(F)cc2)CC1. The van der Waals surface area contributed by atoms with Gasteiger partial charge in [0.05, 0.1) is 17.6 Å². The smallest absolute Gasteiger partial charge is 0.217 e. The number of halogens is 1. The Hall–Kier alpha value is -2.89. The molecule has 1 aliphatic rings. The summed E-state index contributed by atoms with van der Waals surface area (Å²) in [4.78, 5) is 18.4. The lowest BCUT2D eigenvalue weighted by Gasteiger charge is -2.33. The monoisotopic (exact) mass is 366 g/mol. The molecule has 0 saturated carbocycles. The zero-order valence-electron chi connectivity index (χ0n) is 15.4. The van der Waals surface area contributed by atoms with E-state index in [4.69, 9.17) is 4.98 Å². The number of piperidine rings is 1. The third kappa shape index (κ3) is 3.79. The van der Waals surface area contributed by atoms with Gasteiger partial charge >= 0.3 is 0 Å². The van der Waals surface area contributed by atoms with E-state index in [9.17, 15) is 9.18 Å². The van der Waals surface area contributed by atoms with E-state index in [0.717, 1.165) is 48.5 Å². The number of benzene rings is 2. The largest absolute Gasteiger partial charge is 0.353 e. The molecule has 3 aromatic rings. The van der Waals surface area contributed by atoms with Crippen LogP contribution in [0.4, 0.5) is 10.3 Å². The molecule has 0 radical (unpaired) electrons. The number of nitrogens with one attached hydrogen (secondary N) is 1. The van der Waals surface area contributed by atoms with Crippen molar-refractivity contribution in [3.63, 3.8) is 0 Å². The Morgan fingerprint density at radius 2 is 1.85 bits per heavy atom. The third-order valence-electron chi connectivity index (χ3n) is 5.07. The molecule has 2 heterocycles. The molecule has 1 N–H and O–H groups in total. The van der Waals surface area contributed by atoms with Crippen LogP contribution in [0.3, 0.4) is 0 Å². The topological polar surface area (TPSA) is 50.2 Å². The van der Waals surface area contributed by atoms with E-state index < -0.39 is 0 Å². The van der Waals surface area contributed by atoms with Crippen LogP contribution in [-0.2, 0) is 11.3 Å². The summed E-state index contributed by atoms with van der Waals surface area (Å²) in [6.45, 7) is 3.89. The van der Waals surface area contributed by atoms with Gasteiger partial charge in [-0.2, -0.15) is 0 Å². The van der Waals surface area contributed by atoms with Crippen molar-refractivity contribution >= 4 is 22.9 Å². The highest BCUT2D eigenvalue weighted by molar-refractivity contribution is 5.79. The Kier molecular flexibility index (Phi) is 4.79. The quantitative estimate of drug-likeness (QED) is 0.771. The van der Waals surface area contributed by atoms with Crippen LogP contribution in [0.2, 0.25) is 0 Å². The van der Waals surface area contributed by atoms with E-state index >= 15 is 0 Å². The molecule has 1 fully saturated rings. The summed E-state index contributed by atoms with van der Waals surface area (Å²) in [6.07, 6.45) is 1.80. The fraction of sp³-hybridized carbons (Fsp3) is 0.333. The molecule has 6 heteroatoms. The number of anilines is 1. The van der Waals surface area contributed by atoms with Gasteiger partial charge in [-0.05, 0) is 42.7 Å². The van der Waals surface area contributed by atoms with E-state index in [2.05, 4.69) is 20.9 Å². The van der Waals surface area contributed by atoms with Gasteiger partial charge < -0.3 is 14.8 Å². The van der Waals surface area contributed by atoms with Crippen molar-refractivity contribution in [1.82, 2.24) is 14.9 Å². The zero-order valence-corrected chi connectivity index (χ0v) is 15.4. The van der Waals surface area contributed by atoms with Crippen molar-refractivity contribution < 1.29 is 9.18 Å². The number of hydrogen-bond donors (Lipinski definition) is 1. The number of fused-ring (bicyclic) bond motifs is 1. The van der Waals surface area contributed by atoms with Crippen LogP contribution in [0.15, 0.2) is 48.5 Å². The second-order valence-corrected chi connectivity index (χ2v) is 7.07. The summed E-state index contributed by atoms with van der Waals surface area (Å²) in [5, 5.41) is 3.01. The van der Waals surface area contributed by atoms with Crippen LogP contribution in [0, 0.1) is 5.82 Å². The number of nitrogens with zero attached hydrogens (tertiary/aromatic N) is 3. The summed E-state index contributed by atoms with van der Waals surface area (Å²) < 4.78 is 15.5.